The van der Waals surface area contributed by atoms with Crippen molar-refractivity contribution in [2.24, 2.45) is 0 Å². The van der Waals surface area contributed by atoms with E-state index in [0.717, 1.165) is 11.1 Å². The van der Waals surface area contributed by atoms with Crippen molar-refractivity contribution in [3.8, 4) is 11.1 Å². The molecule has 0 aliphatic carbocycles. The molecule has 0 saturated heterocycles. The molecule has 0 unspecified atom stereocenters. The van der Waals surface area contributed by atoms with E-state index < -0.39 is 10.0 Å². The summed E-state index contributed by atoms with van der Waals surface area (Å²) >= 11 is 0. The molecule has 0 aromatic heterocycles. The molecule has 2 N–H and O–H groups in total. The molecule has 2 rings (SSSR count). The van der Waals surface area contributed by atoms with Crippen LogP contribution in [0.15, 0.2) is 53.4 Å². The van der Waals surface area contributed by atoms with Gasteiger partial charge in [-0.05, 0) is 48.2 Å². The number of rotatable bonds is 7. The van der Waals surface area contributed by atoms with Gasteiger partial charge in [0.05, 0.1) is 4.90 Å². The second-order valence-corrected chi connectivity index (χ2v) is 6.63. The Labute approximate surface area is 129 Å². The maximum atomic E-state index is 12.9. The van der Waals surface area contributed by atoms with Crippen molar-refractivity contribution in [3.63, 3.8) is 0 Å². The van der Waals surface area contributed by atoms with Gasteiger partial charge in [0.15, 0.2) is 0 Å². The molecule has 118 valence electrons. The molecule has 0 aliphatic rings. The van der Waals surface area contributed by atoms with Crippen molar-refractivity contribution < 1.29 is 17.9 Å². The zero-order valence-electron chi connectivity index (χ0n) is 12.0. The normalized spacial score (nSPS) is 11.5. The van der Waals surface area contributed by atoms with Crippen molar-refractivity contribution >= 4 is 10.0 Å². The van der Waals surface area contributed by atoms with Gasteiger partial charge in [-0.3, -0.25) is 0 Å². The average Bonchev–Trinajstić information content (AvgIpc) is 2.52. The predicted molar refractivity (Wildman–Crippen MR) is 83.3 cm³/mol. The van der Waals surface area contributed by atoms with Crippen molar-refractivity contribution in [2.45, 2.75) is 17.7 Å². The van der Waals surface area contributed by atoms with Crippen LogP contribution in [0.1, 0.15) is 12.8 Å². The van der Waals surface area contributed by atoms with E-state index in [1.54, 1.807) is 24.3 Å². The second kappa shape index (κ2) is 7.49. The Morgan fingerprint density at radius 1 is 0.909 bits per heavy atom. The van der Waals surface area contributed by atoms with Crippen LogP contribution in [0.25, 0.3) is 11.1 Å². The molecule has 0 saturated carbocycles. The molecular weight excluding hydrogens is 305 g/mol. The standard InChI is InChI=1S/C16H18FNO3S/c17-15-7-3-13(4-8-15)14-5-9-16(10-6-14)22(20,21)18-11-1-2-12-19/h3-10,18-19H,1-2,11-12H2. The highest BCUT2D eigenvalue weighted by Gasteiger charge is 2.13. The molecule has 0 amide bonds. The molecule has 0 atom stereocenters. The van der Waals surface area contributed by atoms with Gasteiger partial charge in [-0.15, -0.1) is 0 Å². The van der Waals surface area contributed by atoms with Crippen LogP contribution in [-0.2, 0) is 10.0 Å². The van der Waals surface area contributed by atoms with Gasteiger partial charge in [-0.2, -0.15) is 0 Å². The van der Waals surface area contributed by atoms with E-state index in [9.17, 15) is 12.8 Å². The van der Waals surface area contributed by atoms with Crippen molar-refractivity contribution in [1.82, 2.24) is 4.72 Å². The molecule has 0 aliphatic heterocycles. The smallest absolute Gasteiger partial charge is 0.240 e. The summed E-state index contributed by atoms with van der Waals surface area (Å²) in [6.45, 7) is 0.344. The molecule has 0 radical (unpaired) electrons. The van der Waals surface area contributed by atoms with E-state index in [1.165, 1.54) is 24.3 Å². The molecule has 2 aromatic carbocycles. The molecule has 22 heavy (non-hydrogen) atoms. The Balaban J connectivity index is 2.09. The van der Waals surface area contributed by atoms with Gasteiger partial charge < -0.3 is 5.11 Å². The fourth-order valence-electron chi connectivity index (χ4n) is 2.00. The molecule has 0 heterocycles. The first-order valence-corrected chi connectivity index (χ1v) is 8.48. The third-order valence-electron chi connectivity index (χ3n) is 3.22. The van der Waals surface area contributed by atoms with Gasteiger partial charge in [0.1, 0.15) is 5.82 Å². The van der Waals surface area contributed by atoms with E-state index in [0.29, 0.717) is 19.4 Å². The Kier molecular flexibility index (Phi) is 5.65. The van der Waals surface area contributed by atoms with E-state index >= 15 is 0 Å². The second-order valence-electron chi connectivity index (χ2n) is 4.86. The number of halogens is 1. The first-order valence-electron chi connectivity index (χ1n) is 6.99. The lowest BCUT2D eigenvalue weighted by Gasteiger charge is -2.07. The number of hydrogen-bond donors (Lipinski definition) is 2. The highest BCUT2D eigenvalue weighted by atomic mass is 32.2. The van der Waals surface area contributed by atoms with Gasteiger partial charge >= 0.3 is 0 Å². The molecule has 2 aromatic rings. The first-order chi connectivity index (χ1) is 10.5. The maximum Gasteiger partial charge on any atom is 0.240 e. The Hall–Kier alpha value is -1.76. The molecule has 6 heteroatoms. The third-order valence-corrected chi connectivity index (χ3v) is 4.70. The minimum atomic E-state index is -3.54. The highest BCUT2D eigenvalue weighted by Crippen LogP contribution is 2.21. The monoisotopic (exact) mass is 323 g/mol. The molecular formula is C16H18FNO3S. The summed E-state index contributed by atoms with van der Waals surface area (Å²) in [5, 5.41) is 8.67. The van der Waals surface area contributed by atoms with Gasteiger partial charge in [0.2, 0.25) is 10.0 Å². The maximum absolute atomic E-state index is 12.9. The van der Waals surface area contributed by atoms with Crippen LogP contribution in [-0.4, -0.2) is 26.7 Å². The summed E-state index contributed by atoms with van der Waals surface area (Å²) in [7, 11) is -3.54. The Morgan fingerprint density at radius 2 is 1.45 bits per heavy atom. The molecule has 0 spiro atoms. The number of hydrogen-bond acceptors (Lipinski definition) is 3. The van der Waals surface area contributed by atoms with Crippen LogP contribution in [0.3, 0.4) is 0 Å². The van der Waals surface area contributed by atoms with Gasteiger partial charge in [-0.1, -0.05) is 24.3 Å². The van der Waals surface area contributed by atoms with Crippen molar-refractivity contribution in [1.29, 1.82) is 0 Å². The highest BCUT2D eigenvalue weighted by molar-refractivity contribution is 7.89. The quantitative estimate of drug-likeness (QED) is 0.770. The number of nitrogens with one attached hydrogen (secondary N) is 1. The molecule has 4 nitrogen and oxygen atoms in total. The van der Waals surface area contributed by atoms with Crippen molar-refractivity contribution in [2.75, 3.05) is 13.2 Å². The van der Waals surface area contributed by atoms with Gasteiger partial charge in [0, 0.05) is 13.2 Å². The average molecular weight is 323 g/mol. The molecule has 0 fully saturated rings. The number of unbranched alkanes of at least 4 members (excludes halogenated alkanes) is 1. The molecule has 0 bridgehead atoms. The minimum absolute atomic E-state index is 0.0497. The van der Waals surface area contributed by atoms with Gasteiger partial charge in [-0.25, -0.2) is 17.5 Å². The lowest BCUT2D eigenvalue weighted by atomic mass is 10.1. The van der Waals surface area contributed by atoms with Crippen molar-refractivity contribution in [3.05, 3.63) is 54.3 Å². The third kappa shape index (κ3) is 4.37. The summed E-state index contributed by atoms with van der Waals surface area (Å²) in [6.07, 6.45) is 1.15. The van der Waals surface area contributed by atoms with E-state index in [2.05, 4.69) is 4.72 Å². The lowest BCUT2D eigenvalue weighted by Crippen LogP contribution is -2.24. The summed E-state index contributed by atoms with van der Waals surface area (Å²) in [5.74, 6) is -0.310. The Morgan fingerprint density at radius 3 is 2.00 bits per heavy atom. The lowest BCUT2D eigenvalue weighted by molar-refractivity contribution is 0.285. The predicted octanol–water partition coefficient (Wildman–Crippen LogP) is 2.54. The SMILES string of the molecule is O=S(=O)(NCCCCO)c1ccc(-c2ccc(F)cc2)cc1. The van der Waals surface area contributed by atoms with Crippen LogP contribution in [0.5, 0.6) is 0 Å². The number of sulfonamides is 1. The summed E-state index contributed by atoms with van der Waals surface area (Å²) < 4.78 is 39.5. The minimum Gasteiger partial charge on any atom is -0.396 e. The zero-order chi connectivity index (χ0) is 16.0. The fraction of sp³-hybridized carbons (Fsp3) is 0.250. The summed E-state index contributed by atoms with van der Waals surface area (Å²) in [6, 6.07) is 12.4. The summed E-state index contributed by atoms with van der Waals surface area (Å²) in [4.78, 5) is 0.183. The largest absolute Gasteiger partial charge is 0.396 e. The van der Waals surface area contributed by atoms with E-state index in [1.807, 2.05) is 0 Å². The van der Waals surface area contributed by atoms with E-state index in [4.69, 9.17) is 5.11 Å². The van der Waals surface area contributed by atoms with Gasteiger partial charge in [0.25, 0.3) is 0 Å². The number of aliphatic hydroxyl groups is 1. The van der Waals surface area contributed by atoms with Crippen LogP contribution in [0, 0.1) is 5.82 Å². The van der Waals surface area contributed by atoms with Crippen LogP contribution < -0.4 is 4.72 Å². The van der Waals surface area contributed by atoms with E-state index in [-0.39, 0.29) is 17.3 Å². The Bertz CT molecular complexity index is 697. The van der Waals surface area contributed by atoms with Crippen LogP contribution in [0.2, 0.25) is 0 Å². The number of aliphatic hydroxyl groups excluding tert-OH is 1. The summed E-state index contributed by atoms with van der Waals surface area (Å²) in [5.41, 5.74) is 1.64. The zero-order valence-corrected chi connectivity index (χ0v) is 12.8. The number of benzene rings is 2. The van der Waals surface area contributed by atoms with Crippen LogP contribution >= 0.6 is 0 Å². The first kappa shape index (κ1) is 16.6. The van der Waals surface area contributed by atoms with Crippen LogP contribution in [0.4, 0.5) is 4.39 Å². The fourth-order valence-corrected chi connectivity index (χ4v) is 3.07. The topological polar surface area (TPSA) is 66.4 Å².